The van der Waals surface area contributed by atoms with E-state index in [9.17, 15) is 0 Å². The summed E-state index contributed by atoms with van der Waals surface area (Å²) < 4.78 is 0. The normalized spacial score (nSPS) is 22.9. The standard InChI is InChI=1S/C13H18Cl2N2/c1-9-3-2-6-17(9)13(8-16)11-5-4-10(14)7-12(11)15/h4-5,7,9,13H,2-3,6,8,16H2,1H3. The lowest BCUT2D eigenvalue weighted by Gasteiger charge is -2.31. The average molecular weight is 273 g/mol. The Morgan fingerprint density at radius 2 is 2.24 bits per heavy atom. The van der Waals surface area contributed by atoms with Gasteiger partial charge in [0.1, 0.15) is 0 Å². The lowest BCUT2D eigenvalue weighted by molar-refractivity contribution is 0.195. The van der Waals surface area contributed by atoms with Crippen molar-refractivity contribution in [3.8, 4) is 0 Å². The van der Waals surface area contributed by atoms with Gasteiger partial charge in [-0.3, -0.25) is 4.90 Å². The summed E-state index contributed by atoms with van der Waals surface area (Å²) in [7, 11) is 0. The molecule has 17 heavy (non-hydrogen) atoms. The number of hydrogen-bond donors (Lipinski definition) is 1. The van der Waals surface area contributed by atoms with Gasteiger partial charge in [0.15, 0.2) is 0 Å². The van der Waals surface area contributed by atoms with Crippen LogP contribution in [0.1, 0.15) is 31.4 Å². The van der Waals surface area contributed by atoms with Crippen molar-refractivity contribution in [3.05, 3.63) is 33.8 Å². The predicted octanol–water partition coefficient (Wildman–Crippen LogP) is 3.48. The third-order valence-electron chi connectivity index (χ3n) is 3.55. The highest BCUT2D eigenvalue weighted by Gasteiger charge is 2.28. The maximum atomic E-state index is 6.26. The van der Waals surface area contributed by atoms with Crippen molar-refractivity contribution in [2.75, 3.05) is 13.1 Å². The Labute approximate surface area is 113 Å². The lowest BCUT2D eigenvalue weighted by atomic mass is 10.0. The molecule has 1 aliphatic heterocycles. The topological polar surface area (TPSA) is 29.3 Å². The molecule has 0 aromatic heterocycles. The van der Waals surface area contributed by atoms with Gasteiger partial charge in [0.05, 0.1) is 0 Å². The molecule has 2 unspecified atom stereocenters. The number of hydrogen-bond acceptors (Lipinski definition) is 2. The van der Waals surface area contributed by atoms with Crippen molar-refractivity contribution >= 4 is 23.2 Å². The van der Waals surface area contributed by atoms with Crippen molar-refractivity contribution in [3.63, 3.8) is 0 Å². The summed E-state index contributed by atoms with van der Waals surface area (Å²) in [6, 6.07) is 6.45. The maximum absolute atomic E-state index is 6.26. The number of likely N-dealkylation sites (tertiary alicyclic amines) is 1. The molecule has 0 amide bonds. The van der Waals surface area contributed by atoms with Crippen LogP contribution in [-0.2, 0) is 0 Å². The quantitative estimate of drug-likeness (QED) is 0.913. The predicted molar refractivity (Wildman–Crippen MR) is 73.7 cm³/mol. The molecule has 0 saturated carbocycles. The van der Waals surface area contributed by atoms with Gasteiger partial charge in [0.25, 0.3) is 0 Å². The number of rotatable bonds is 3. The second kappa shape index (κ2) is 5.57. The van der Waals surface area contributed by atoms with Gasteiger partial charge in [-0.05, 0) is 44.0 Å². The molecule has 94 valence electrons. The van der Waals surface area contributed by atoms with E-state index in [4.69, 9.17) is 28.9 Å². The SMILES string of the molecule is CC1CCCN1C(CN)c1ccc(Cl)cc1Cl. The van der Waals surface area contributed by atoms with Gasteiger partial charge >= 0.3 is 0 Å². The Hall–Kier alpha value is -0.280. The fraction of sp³-hybridized carbons (Fsp3) is 0.538. The van der Waals surface area contributed by atoms with E-state index in [2.05, 4.69) is 11.8 Å². The summed E-state index contributed by atoms with van der Waals surface area (Å²) in [6.07, 6.45) is 2.48. The first kappa shape index (κ1) is 13.2. The molecule has 1 heterocycles. The van der Waals surface area contributed by atoms with E-state index in [1.165, 1.54) is 12.8 Å². The summed E-state index contributed by atoms with van der Waals surface area (Å²) in [4.78, 5) is 2.44. The lowest BCUT2D eigenvalue weighted by Crippen LogP contribution is -2.36. The van der Waals surface area contributed by atoms with Gasteiger partial charge in [-0.25, -0.2) is 0 Å². The molecule has 4 heteroatoms. The highest BCUT2D eigenvalue weighted by atomic mass is 35.5. The van der Waals surface area contributed by atoms with E-state index < -0.39 is 0 Å². The minimum atomic E-state index is 0.206. The molecule has 1 aliphatic rings. The molecular weight excluding hydrogens is 255 g/mol. The van der Waals surface area contributed by atoms with E-state index in [1.54, 1.807) is 6.07 Å². The molecule has 1 saturated heterocycles. The second-order valence-electron chi connectivity index (χ2n) is 4.65. The summed E-state index contributed by atoms with van der Waals surface area (Å²) in [5, 5.41) is 1.39. The van der Waals surface area contributed by atoms with E-state index in [0.717, 1.165) is 12.1 Å². The molecule has 1 aromatic carbocycles. The van der Waals surface area contributed by atoms with Crippen LogP contribution in [0.25, 0.3) is 0 Å². The molecule has 2 N–H and O–H groups in total. The monoisotopic (exact) mass is 272 g/mol. The Bertz CT molecular complexity index is 395. The van der Waals surface area contributed by atoms with Crippen LogP contribution in [-0.4, -0.2) is 24.0 Å². The van der Waals surface area contributed by atoms with Gasteiger partial charge in [-0.1, -0.05) is 29.3 Å². The number of nitrogens with two attached hydrogens (primary N) is 1. The minimum Gasteiger partial charge on any atom is -0.329 e. The van der Waals surface area contributed by atoms with E-state index in [0.29, 0.717) is 22.6 Å². The van der Waals surface area contributed by atoms with Crippen molar-refractivity contribution in [1.82, 2.24) is 4.90 Å². The molecule has 0 aliphatic carbocycles. The second-order valence-corrected chi connectivity index (χ2v) is 5.49. The molecule has 0 bridgehead atoms. The largest absolute Gasteiger partial charge is 0.329 e. The van der Waals surface area contributed by atoms with Gasteiger partial charge in [0, 0.05) is 28.7 Å². The minimum absolute atomic E-state index is 0.206. The molecule has 2 atom stereocenters. The van der Waals surface area contributed by atoms with E-state index >= 15 is 0 Å². The van der Waals surface area contributed by atoms with E-state index in [1.807, 2.05) is 12.1 Å². The van der Waals surface area contributed by atoms with Gasteiger partial charge < -0.3 is 5.73 Å². The van der Waals surface area contributed by atoms with Crippen molar-refractivity contribution in [2.24, 2.45) is 5.73 Å². The highest BCUT2D eigenvalue weighted by Crippen LogP contribution is 2.33. The molecule has 2 nitrogen and oxygen atoms in total. The first-order valence-electron chi connectivity index (χ1n) is 6.04. The molecule has 2 rings (SSSR count). The summed E-state index contributed by atoms with van der Waals surface area (Å²) in [5.41, 5.74) is 7.01. The Balaban J connectivity index is 2.28. The van der Waals surface area contributed by atoms with Crippen molar-refractivity contribution in [1.29, 1.82) is 0 Å². The molecular formula is C13H18Cl2N2. The van der Waals surface area contributed by atoms with E-state index in [-0.39, 0.29) is 6.04 Å². The first-order valence-corrected chi connectivity index (χ1v) is 6.80. The van der Waals surface area contributed by atoms with Crippen LogP contribution in [0.4, 0.5) is 0 Å². The summed E-state index contributed by atoms with van der Waals surface area (Å²) >= 11 is 12.2. The molecule has 0 radical (unpaired) electrons. The van der Waals surface area contributed by atoms with Crippen LogP contribution < -0.4 is 5.73 Å². The molecule has 1 fully saturated rings. The number of nitrogens with zero attached hydrogens (tertiary/aromatic N) is 1. The fourth-order valence-corrected chi connectivity index (χ4v) is 3.17. The van der Waals surface area contributed by atoms with Gasteiger partial charge in [0.2, 0.25) is 0 Å². The smallest absolute Gasteiger partial charge is 0.0488 e. The third-order valence-corrected chi connectivity index (χ3v) is 4.11. The average Bonchev–Trinajstić information content (AvgIpc) is 2.69. The number of halogens is 2. The highest BCUT2D eigenvalue weighted by molar-refractivity contribution is 6.35. The van der Waals surface area contributed by atoms with Crippen LogP contribution >= 0.6 is 23.2 Å². The van der Waals surface area contributed by atoms with Gasteiger partial charge in [-0.15, -0.1) is 0 Å². The zero-order valence-corrected chi connectivity index (χ0v) is 11.5. The summed E-state index contributed by atoms with van der Waals surface area (Å²) in [6.45, 7) is 3.94. The molecule has 1 aromatic rings. The van der Waals surface area contributed by atoms with Crippen molar-refractivity contribution in [2.45, 2.75) is 31.8 Å². The Kier molecular flexibility index (Phi) is 4.31. The van der Waals surface area contributed by atoms with Crippen LogP contribution in [0.5, 0.6) is 0 Å². The fourth-order valence-electron chi connectivity index (χ4n) is 2.63. The summed E-state index contributed by atoms with van der Waals surface area (Å²) in [5.74, 6) is 0. The molecule has 0 spiro atoms. The number of benzene rings is 1. The zero-order chi connectivity index (χ0) is 12.4. The van der Waals surface area contributed by atoms with Crippen LogP contribution in [0.15, 0.2) is 18.2 Å². The van der Waals surface area contributed by atoms with Crippen LogP contribution in [0.2, 0.25) is 10.0 Å². The van der Waals surface area contributed by atoms with Crippen LogP contribution in [0.3, 0.4) is 0 Å². The maximum Gasteiger partial charge on any atom is 0.0488 e. The Morgan fingerprint density at radius 1 is 1.47 bits per heavy atom. The zero-order valence-electron chi connectivity index (χ0n) is 10.00. The van der Waals surface area contributed by atoms with Crippen LogP contribution in [0, 0.1) is 0 Å². The van der Waals surface area contributed by atoms with Gasteiger partial charge in [-0.2, -0.15) is 0 Å². The third kappa shape index (κ3) is 2.76. The Morgan fingerprint density at radius 3 is 2.76 bits per heavy atom. The first-order chi connectivity index (χ1) is 8.13. The van der Waals surface area contributed by atoms with Crippen molar-refractivity contribution < 1.29 is 0 Å².